The number of likely N-dealkylation sites (tertiary alicyclic amines) is 1. The molecule has 1 aromatic heterocycles. The lowest BCUT2D eigenvalue weighted by Gasteiger charge is -2.28. The third-order valence-corrected chi connectivity index (χ3v) is 8.97. The number of non-ortho nitro benzene ring substituents is 1. The number of aromatic nitrogens is 2. The number of nitrogens with zero attached hydrogens (tertiary/aromatic N) is 5. The molecule has 0 saturated carbocycles. The monoisotopic (exact) mass is 623 g/mol. The van der Waals surface area contributed by atoms with Gasteiger partial charge in [-0.05, 0) is 42.7 Å². The van der Waals surface area contributed by atoms with Crippen LogP contribution in [0.1, 0.15) is 37.3 Å². The van der Waals surface area contributed by atoms with Crippen LogP contribution in [0.5, 0.6) is 0 Å². The number of carbonyl (C=O) groups is 2. The van der Waals surface area contributed by atoms with Crippen LogP contribution < -0.4 is 10.5 Å². The lowest BCUT2D eigenvalue weighted by atomic mass is 9.82. The van der Waals surface area contributed by atoms with E-state index < -0.39 is 22.3 Å². The molecule has 0 unspecified atom stereocenters. The number of fused-ring (bicyclic) bond motifs is 2. The van der Waals surface area contributed by atoms with Gasteiger partial charge in [0.15, 0.2) is 5.60 Å². The third kappa shape index (κ3) is 5.35. The molecule has 12 heteroatoms. The zero-order valence-corrected chi connectivity index (χ0v) is 25.2. The lowest BCUT2D eigenvalue weighted by Crippen LogP contribution is -2.44. The first kappa shape index (κ1) is 30.8. The van der Waals surface area contributed by atoms with E-state index in [2.05, 4.69) is 5.10 Å². The van der Waals surface area contributed by atoms with Crippen molar-refractivity contribution in [3.63, 3.8) is 0 Å². The Morgan fingerprint density at radius 1 is 1.15 bits per heavy atom. The number of aliphatic hydroxyl groups is 2. The summed E-state index contributed by atoms with van der Waals surface area (Å²) in [5, 5.41) is 38.7. The molecule has 236 valence electrons. The molecular weight excluding hydrogens is 590 g/mol. The van der Waals surface area contributed by atoms with Crippen LogP contribution in [0.25, 0.3) is 16.5 Å². The molecule has 46 heavy (non-hydrogen) atoms. The Kier molecular flexibility index (Phi) is 8.24. The van der Waals surface area contributed by atoms with E-state index in [1.807, 2.05) is 12.1 Å². The minimum absolute atomic E-state index is 0.0259. The molecular formula is C34H33N5O7. The average molecular weight is 624 g/mol. The van der Waals surface area contributed by atoms with Crippen molar-refractivity contribution >= 4 is 34.0 Å². The highest BCUT2D eigenvalue weighted by Crippen LogP contribution is 2.47. The quantitative estimate of drug-likeness (QED) is 0.163. The number of rotatable bonds is 9. The van der Waals surface area contributed by atoms with Crippen molar-refractivity contribution in [1.82, 2.24) is 14.7 Å². The van der Waals surface area contributed by atoms with E-state index in [1.54, 1.807) is 66.6 Å². The fraction of sp³-hybridized carbons (Fsp3) is 0.294. The molecule has 12 nitrogen and oxygen atoms in total. The van der Waals surface area contributed by atoms with Crippen LogP contribution in [0.15, 0.2) is 89.9 Å². The number of anilines is 1. The molecule has 3 heterocycles. The Hall–Kier alpha value is -5.20. The molecule has 6 rings (SSSR count). The first-order valence-corrected chi connectivity index (χ1v) is 15.1. The molecule has 1 saturated heterocycles. The highest BCUT2D eigenvalue weighted by Gasteiger charge is 2.53. The number of carbonyl (C=O) groups excluding carboxylic acids is 2. The van der Waals surface area contributed by atoms with Gasteiger partial charge in [-0.25, -0.2) is 0 Å². The molecule has 3 atom stereocenters. The highest BCUT2D eigenvalue weighted by molar-refractivity contribution is 6.07. The van der Waals surface area contributed by atoms with Crippen LogP contribution >= 0.6 is 0 Å². The van der Waals surface area contributed by atoms with E-state index in [0.29, 0.717) is 28.9 Å². The molecule has 2 aliphatic rings. The minimum Gasteiger partial charge on any atom is -0.394 e. The molecule has 0 spiro atoms. The second-order valence-corrected chi connectivity index (χ2v) is 11.7. The number of nitro benzene ring substituents is 1. The predicted octanol–water partition coefficient (Wildman–Crippen LogP) is 3.59. The average Bonchev–Trinajstić information content (AvgIpc) is 3.63. The summed E-state index contributed by atoms with van der Waals surface area (Å²) in [6.07, 6.45) is 6.37. The molecule has 0 radical (unpaired) electrons. The number of aliphatic hydroxyl groups excluding tert-OH is 1. The first-order chi connectivity index (χ1) is 22.1. The van der Waals surface area contributed by atoms with Gasteiger partial charge in [0, 0.05) is 42.0 Å². The summed E-state index contributed by atoms with van der Waals surface area (Å²) in [5.41, 5.74) is -0.972. The van der Waals surface area contributed by atoms with Crippen molar-refractivity contribution in [2.75, 3.05) is 18.1 Å². The van der Waals surface area contributed by atoms with E-state index in [-0.39, 0.29) is 48.3 Å². The van der Waals surface area contributed by atoms with Crippen LogP contribution in [-0.4, -0.2) is 60.8 Å². The van der Waals surface area contributed by atoms with Crippen LogP contribution in [0.4, 0.5) is 11.4 Å². The van der Waals surface area contributed by atoms with Crippen LogP contribution in [0.2, 0.25) is 0 Å². The fourth-order valence-electron chi connectivity index (χ4n) is 6.39. The Morgan fingerprint density at radius 3 is 2.65 bits per heavy atom. The molecule has 2 amide bonds. The van der Waals surface area contributed by atoms with E-state index in [4.69, 9.17) is 0 Å². The van der Waals surface area contributed by atoms with E-state index in [0.717, 1.165) is 18.2 Å². The summed E-state index contributed by atoms with van der Waals surface area (Å²) >= 11 is 0. The molecule has 2 N–H and O–H groups in total. The van der Waals surface area contributed by atoms with E-state index in [9.17, 15) is 34.7 Å². The normalized spacial score (nSPS) is 20.1. The molecule has 3 aromatic carbocycles. The van der Waals surface area contributed by atoms with E-state index in [1.165, 1.54) is 27.8 Å². The Labute approximate surface area is 263 Å². The van der Waals surface area contributed by atoms with Gasteiger partial charge in [0.05, 0.1) is 47.1 Å². The molecule has 0 bridgehead atoms. The van der Waals surface area contributed by atoms with Crippen molar-refractivity contribution in [1.29, 1.82) is 0 Å². The zero-order valence-electron chi connectivity index (χ0n) is 25.2. The van der Waals surface area contributed by atoms with Gasteiger partial charge in [0.25, 0.3) is 17.2 Å². The van der Waals surface area contributed by atoms with Gasteiger partial charge in [0.1, 0.15) is 0 Å². The molecule has 0 aliphatic carbocycles. The largest absolute Gasteiger partial charge is 0.394 e. The Morgan fingerprint density at radius 2 is 1.91 bits per heavy atom. The van der Waals surface area contributed by atoms with Crippen molar-refractivity contribution in [2.24, 2.45) is 5.92 Å². The topological polar surface area (TPSA) is 159 Å². The lowest BCUT2D eigenvalue weighted by molar-refractivity contribution is -0.385. The van der Waals surface area contributed by atoms with Gasteiger partial charge in [-0.15, -0.1) is 0 Å². The summed E-state index contributed by atoms with van der Waals surface area (Å²) in [6, 6.07) is 17.9. The number of amides is 2. The Balaban J connectivity index is 1.26. The Bertz CT molecular complexity index is 1920. The fourth-order valence-corrected chi connectivity index (χ4v) is 6.39. The van der Waals surface area contributed by atoms with Crippen molar-refractivity contribution in [3.8, 4) is 5.69 Å². The maximum absolute atomic E-state index is 14.0. The highest BCUT2D eigenvalue weighted by atomic mass is 16.6. The molecule has 4 aromatic rings. The molecule has 1 fully saturated rings. The maximum atomic E-state index is 14.0. The maximum Gasteiger partial charge on any atom is 0.279 e. The second-order valence-electron chi connectivity index (χ2n) is 11.7. The van der Waals surface area contributed by atoms with Gasteiger partial charge in [0.2, 0.25) is 5.91 Å². The van der Waals surface area contributed by atoms with Crippen molar-refractivity contribution in [2.45, 2.75) is 44.4 Å². The summed E-state index contributed by atoms with van der Waals surface area (Å²) in [5.74, 6) is -1.64. The molecule has 2 aliphatic heterocycles. The number of benzene rings is 3. The van der Waals surface area contributed by atoms with Gasteiger partial charge < -0.3 is 20.0 Å². The minimum atomic E-state index is -2.12. The van der Waals surface area contributed by atoms with Crippen LogP contribution in [0, 0.1) is 16.0 Å². The third-order valence-electron chi connectivity index (χ3n) is 8.97. The SMILES string of the molecule is C[C@H](/C=C/CC(=O)N1CCC[C@H]1CO)[C@@]1(O)C(=O)N(Cc2ccc(-n3ncc4ccccc4c3=O)cc2)c2ccc([N+](=O)[O-])cc21. The van der Waals surface area contributed by atoms with E-state index >= 15 is 0 Å². The van der Waals surface area contributed by atoms with Crippen LogP contribution in [-0.2, 0) is 21.7 Å². The smallest absolute Gasteiger partial charge is 0.279 e. The summed E-state index contributed by atoms with van der Waals surface area (Å²) < 4.78 is 1.30. The van der Waals surface area contributed by atoms with Gasteiger partial charge in [-0.1, -0.05) is 49.4 Å². The van der Waals surface area contributed by atoms with Gasteiger partial charge >= 0.3 is 0 Å². The summed E-state index contributed by atoms with van der Waals surface area (Å²) in [6.45, 7) is 2.14. The summed E-state index contributed by atoms with van der Waals surface area (Å²) in [7, 11) is 0. The van der Waals surface area contributed by atoms with Crippen molar-refractivity contribution in [3.05, 3.63) is 117 Å². The predicted molar refractivity (Wildman–Crippen MR) is 170 cm³/mol. The van der Waals surface area contributed by atoms with Crippen molar-refractivity contribution < 1.29 is 24.7 Å². The zero-order chi connectivity index (χ0) is 32.6. The standard InChI is InChI=1S/C34H33N5O7/c1-22(6-4-10-31(41)36-17-5-8-27(36)21-40)34(44)29-18-26(39(45)46)15-16-30(29)37(33(34)43)20-23-11-13-25(14-12-23)38-32(42)28-9-3-2-7-24(28)19-35-38/h2-4,6-7,9,11-16,18-19,22,27,40,44H,5,8,10,17,20-21H2,1H3/b6-4+/t22-,27+,34+/m1/s1. The number of hydrogen-bond donors (Lipinski definition) is 2. The van der Waals surface area contributed by atoms with Gasteiger partial charge in [-0.3, -0.25) is 24.5 Å². The van der Waals surface area contributed by atoms with Crippen LogP contribution in [0.3, 0.4) is 0 Å². The second kappa shape index (κ2) is 12.3. The number of hydrogen-bond acceptors (Lipinski definition) is 8. The number of nitro groups is 1. The first-order valence-electron chi connectivity index (χ1n) is 15.1. The van der Waals surface area contributed by atoms with Gasteiger partial charge in [-0.2, -0.15) is 9.78 Å². The summed E-state index contributed by atoms with van der Waals surface area (Å²) in [4.78, 5) is 53.8.